The fraction of sp³-hybridized carbons (Fsp3) is 0. The van der Waals surface area contributed by atoms with E-state index in [1.165, 1.54) is 29.1 Å². The van der Waals surface area contributed by atoms with E-state index in [4.69, 9.17) is 0 Å². The predicted octanol–water partition coefficient (Wildman–Crippen LogP) is 5.15. The SMILES string of the molecule is c1ccc2c(-c3pccs3)cccc2c1. The van der Waals surface area contributed by atoms with E-state index in [0.29, 0.717) is 0 Å². The van der Waals surface area contributed by atoms with E-state index >= 15 is 0 Å². The molecule has 15 heavy (non-hydrogen) atoms. The van der Waals surface area contributed by atoms with Gasteiger partial charge >= 0.3 is 0 Å². The quantitative estimate of drug-likeness (QED) is 0.540. The molecular weight excluding hydrogens is 219 g/mol. The lowest BCUT2D eigenvalue weighted by atomic mass is 10.1. The van der Waals surface area contributed by atoms with Crippen molar-refractivity contribution in [1.29, 1.82) is 0 Å². The van der Waals surface area contributed by atoms with Gasteiger partial charge in [-0.3, -0.25) is 0 Å². The highest BCUT2D eigenvalue weighted by Crippen LogP contribution is 2.37. The second-order valence-corrected chi connectivity index (χ2v) is 5.59. The van der Waals surface area contributed by atoms with E-state index in [-0.39, 0.29) is 0 Å². The van der Waals surface area contributed by atoms with E-state index in [9.17, 15) is 0 Å². The first kappa shape index (κ1) is 9.08. The molecule has 1 aromatic heterocycles. The Kier molecular flexibility index (Phi) is 2.28. The van der Waals surface area contributed by atoms with Crippen molar-refractivity contribution in [3.63, 3.8) is 0 Å². The van der Waals surface area contributed by atoms with Crippen LogP contribution >= 0.6 is 19.5 Å². The second kappa shape index (κ2) is 3.77. The van der Waals surface area contributed by atoms with Crippen molar-refractivity contribution in [3.8, 4) is 10.2 Å². The van der Waals surface area contributed by atoms with Gasteiger partial charge < -0.3 is 0 Å². The fourth-order valence-electron chi connectivity index (χ4n) is 1.77. The average molecular weight is 228 g/mol. The van der Waals surface area contributed by atoms with E-state index in [2.05, 4.69) is 53.6 Å². The number of hydrogen-bond donors (Lipinski definition) is 0. The third-order valence-corrected chi connectivity index (χ3v) is 4.78. The number of benzene rings is 2. The van der Waals surface area contributed by atoms with Gasteiger partial charge in [-0.05, 0) is 22.0 Å². The summed E-state index contributed by atoms with van der Waals surface area (Å²) in [5.74, 6) is 2.20. The summed E-state index contributed by atoms with van der Waals surface area (Å²) in [6.07, 6.45) is 0. The first-order valence-electron chi connectivity index (χ1n) is 4.83. The van der Waals surface area contributed by atoms with Crippen molar-refractivity contribution in [2.45, 2.75) is 0 Å². The van der Waals surface area contributed by atoms with Crippen molar-refractivity contribution < 1.29 is 0 Å². The molecule has 0 unspecified atom stereocenters. The van der Waals surface area contributed by atoms with Gasteiger partial charge in [-0.15, -0.1) is 11.3 Å². The number of rotatable bonds is 1. The first-order valence-corrected chi connectivity index (χ1v) is 6.67. The van der Waals surface area contributed by atoms with Gasteiger partial charge in [-0.1, -0.05) is 50.7 Å². The molecule has 3 rings (SSSR count). The molecular formula is C13H9PS. The second-order valence-electron chi connectivity index (χ2n) is 3.36. The highest BCUT2D eigenvalue weighted by Gasteiger charge is 2.03. The third-order valence-electron chi connectivity index (χ3n) is 2.45. The van der Waals surface area contributed by atoms with Crippen LogP contribution in [0, 0.1) is 0 Å². The molecule has 0 radical (unpaired) electrons. The number of fused-ring (bicyclic) bond motifs is 1. The molecule has 0 atom stereocenters. The zero-order valence-electron chi connectivity index (χ0n) is 8.05. The van der Waals surface area contributed by atoms with Gasteiger partial charge in [0.05, 0.1) is 4.61 Å². The first-order chi connectivity index (χ1) is 7.45. The Morgan fingerprint density at radius 3 is 2.67 bits per heavy atom. The maximum Gasteiger partial charge on any atom is 0.0619 e. The van der Waals surface area contributed by atoms with E-state index in [1.54, 1.807) is 0 Å². The molecule has 0 aliphatic carbocycles. The lowest BCUT2D eigenvalue weighted by Crippen LogP contribution is -1.75. The van der Waals surface area contributed by atoms with Crippen molar-refractivity contribution in [2.75, 3.05) is 0 Å². The lowest BCUT2D eigenvalue weighted by molar-refractivity contribution is 1.75. The summed E-state index contributed by atoms with van der Waals surface area (Å²) in [7, 11) is 1.32. The Balaban J connectivity index is 2.36. The minimum absolute atomic E-state index is 1.32. The van der Waals surface area contributed by atoms with Crippen LogP contribution in [0.5, 0.6) is 0 Å². The Hall–Kier alpha value is -1.17. The van der Waals surface area contributed by atoms with Gasteiger partial charge in [0.25, 0.3) is 0 Å². The Morgan fingerprint density at radius 1 is 0.933 bits per heavy atom. The Morgan fingerprint density at radius 2 is 1.80 bits per heavy atom. The fourth-order valence-corrected chi connectivity index (χ4v) is 3.77. The van der Waals surface area contributed by atoms with Gasteiger partial charge in [0.1, 0.15) is 0 Å². The van der Waals surface area contributed by atoms with Crippen LogP contribution in [-0.2, 0) is 0 Å². The van der Waals surface area contributed by atoms with Gasteiger partial charge in [-0.2, -0.15) is 0 Å². The van der Waals surface area contributed by atoms with Crippen LogP contribution in [0.4, 0.5) is 0 Å². The molecule has 3 aromatic rings. The van der Waals surface area contributed by atoms with Gasteiger partial charge in [0.15, 0.2) is 0 Å². The van der Waals surface area contributed by atoms with Gasteiger partial charge in [0, 0.05) is 5.56 Å². The molecule has 0 amide bonds. The molecule has 0 aliphatic heterocycles. The molecule has 0 saturated heterocycles. The van der Waals surface area contributed by atoms with Crippen molar-refractivity contribution in [2.24, 2.45) is 0 Å². The van der Waals surface area contributed by atoms with Crippen molar-refractivity contribution in [3.05, 3.63) is 53.6 Å². The summed E-state index contributed by atoms with van der Waals surface area (Å²) in [4.78, 5) is 0. The molecule has 0 N–H and O–H groups in total. The van der Waals surface area contributed by atoms with Crippen LogP contribution in [0.3, 0.4) is 0 Å². The summed E-state index contributed by atoms with van der Waals surface area (Å²) < 4.78 is 1.44. The number of hydrogen-bond acceptors (Lipinski definition) is 1. The minimum Gasteiger partial charge on any atom is -0.138 e. The third kappa shape index (κ3) is 1.58. The Labute approximate surface area is 94.3 Å². The Bertz CT molecular complexity index is 579. The highest BCUT2D eigenvalue weighted by molar-refractivity contribution is 7.45. The monoisotopic (exact) mass is 228 g/mol. The molecule has 2 heteroatoms. The van der Waals surface area contributed by atoms with Crippen LogP contribution in [-0.4, -0.2) is 0 Å². The molecule has 1 heterocycles. The van der Waals surface area contributed by atoms with Gasteiger partial charge in [-0.25, -0.2) is 0 Å². The summed E-state index contributed by atoms with van der Waals surface area (Å²) in [6.45, 7) is 0. The highest BCUT2D eigenvalue weighted by atomic mass is 32.1. The molecule has 0 spiro atoms. The standard InChI is InChI=1S/C13H9PS/c1-2-6-11-10(4-1)5-3-7-12(11)13-14-8-9-15-13/h1-9H. The van der Waals surface area contributed by atoms with Crippen LogP contribution < -0.4 is 0 Å². The lowest BCUT2D eigenvalue weighted by Gasteiger charge is -2.03. The van der Waals surface area contributed by atoms with Crippen molar-refractivity contribution >= 4 is 30.3 Å². The molecule has 2 aromatic carbocycles. The van der Waals surface area contributed by atoms with Crippen LogP contribution in [0.25, 0.3) is 20.9 Å². The van der Waals surface area contributed by atoms with Crippen LogP contribution in [0.2, 0.25) is 0 Å². The van der Waals surface area contributed by atoms with Crippen LogP contribution in [0.1, 0.15) is 0 Å². The zero-order chi connectivity index (χ0) is 10.1. The average Bonchev–Trinajstić information content (AvgIpc) is 2.82. The summed E-state index contributed by atoms with van der Waals surface area (Å²) in [6, 6.07) is 15.1. The minimum atomic E-state index is 1.32. The van der Waals surface area contributed by atoms with E-state index in [0.717, 1.165) is 0 Å². The molecule has 0 aliphatic rings. The summed E-state index contributed by atoms with van der Waals surface area (Å²) in [5.41, 5.74) is 1.38. The normalized spacial score (nSPS) is 11.2. The zero-order valence-corrected chi connectivity index (χ0v) is 9.76. The van der Waals surface area contributed by atoms with Crippen molar-refractivity contribution in [1.82, 2.24) is 0 Å². The molecule has 0 bridgehead atoms. The largest absolute Gasteiger partial charge is 0.138 e. The maximum atomic E-state index is 2.21. The molecule has 0 fully saturated rings. The smallest absolute Gasteiger partial charge is 0.0619 e. The maximum absolute atomic E-state index is 2.21. The molecule has 0 saturated carbocycles. The summed E-state index contributed by atoms with van der Waals surface area (Å²) in [5, 5.41) is 4.85. The summed E-state index contributed by atoms with van der Waals surface area (Å²) >= 11 is 1.83. The molecule has 0 nitrogen and oxygen atoms in total. The topological polar surface area (TPSA) is 0 Å². The van der Waals surface area contributed by atoms with Crippen LogP contribution in [0.15, 0.2) is 53.6 Å². The molecule has 72 valence electrons. The van der Waals surface area contributed by atoms with E-state index in [1.807, 2.05) is 11.3 Å². The van der Waals surface area contributed by atoms with Gasteiger partial charge in [0.2, 0.25) is 0 Å². The predicted molar refractivity (Wildman–Crippen MR) is 69.8 cm³/mol. The van der Waals surface area contributed by atoms with E-state index < -0.39 is 0 Å².